The SMILES string of the molecule is Cc1c[nH]c2ncnc(NCC3(O)CC[SH+]CC3)c12. The average Bonchev–Trinajstić information content (AvgIpc) is 2.80. The fourth-order valence-electron chi connectivity index (χ4n) is 2.49. The quantitative estimate of drug-likeness (QED) is 0.579. The number of aryl methyl sites for hydroxylation is 1. The molecule has 3 N–H and O–H groups in total. The van der Waals surface area contributed by atoms with Crippen molar-refractivity contribution in [3.63, 3.8) is 0 Å². The molecule has 0 amide bonds. The summed E-state index contributed by atoms with van der Waals surface area (Å²) in [5, 5.41) is 14.8. The van der Waals surface area contributed by atoms with E-state index in [1.807, 2.05) is 13.1 Å². The van der Waals surface area contributed by atoms with Crippen LogP contribution in [0.4, 0.5) is 5.82 Å². The summed E-state index contributed by atoms with van der Waals surface area (Å²) in [5.74, 6) is 2.97. The van der Waals surface area contributed by atoms with Crippen LogP contribution in [0.3, 0.4) is 0 Å². The molecule has 3 heterocycles. The van der Waals surface area contributed by atoms with Crippen molar-refractivity contribution in [2.45, 2.75) is 25.4 Å². The minimum Gasteiger partial charge on any atom is -0.388 e. The van der Waals surface area contributed by atoms with E-state index in [1.165, 1.54) is 11.8 Å². The minimum absolute atomic E-state index is 0.555. The highest BCUT2D eigenvalue weighted by Crippen LogP contribution is 2.25. The lowest BCUT2D eigenvalue weighted by molar-refractivity contribution is 0.0451. The first-order chi connectivity index (χ1) is 9.18. The van der Waals surface area contributed by atoms with Gasteiger partial charge >= 0.3 is 0 Å². The number of nitrogens with one attached hydrogen (secondary N) is 2. The third-order valence-corrected chi connectivity index (χ3v) is 4.80. The maximum atomic E-state index is 10.5. The van der Waals surface area contributed by atoms with Crippen LogP contribution in [0.25, 0.3) is 11.0 Å². The zero-order chi connectivity index (χ0) is 13.3. The van der Waals surface area contributed by atoms with Crippen LogP contribution in [0.1, 0.15) is 18.4 Å². The number of nitrogens with zero attached hydrogens (tertiary/aromatic N) is 2. The van der Waals surface area contributed by atoms with Gasteiger partial charge in [0.15, 0.2) is 0 Å². The second-order valence-electron chi connectivity index (χ2n) is 5.17. The predicted molar refractivity (Wildman–Crippen MR) is 79.8 cm³/mol. The number of anilines is 1. The van der Waals surface area contributed by atoms with Crippen molar-refractivity contribution in [2.24, 2.45) is 0 Å². The molecule has 6 heteroatoms. The molecule has 1 fully saturated rings. The number of aromatic nitrogens is 3. The number of aromatic amines is 1. The molecule has 0 radical (unpaired) electrons. The van der Waals surface area contributed by atoms with Crippen LogP contribution in [0.2, 0.25) is 0 Å². The molecule has 0 bridgehead atoms. The maximum absolute atomic E-state index is 10.5. The smallest absolute Gasteiger partial charge is 0.143 e. The summed E-state index contributed by atoms with van der Waals surface area (Å²) in [6.07, 6.45) is 5.20. The van der Waals surface area contributed by atoms with Gasteiger partial charge in [0.25, 0.3) is 0 Å². The summed E-state index contributed by atoms with van der Waals surface area (Å²) in [6.45, 7) is 2.58. The molecule has 5 nitrogen and oxygen atoms in total. The number of fused-ring (bicyclic) bond motifs is 1. The number of H-pyrrole nitrogens is 1. The fourth-order valence-corrected chi connectivity index (χ4v) is 3.86. The molecule has 1 saturated heterocycles. The Balaban J connectivity index is 1.80. The number of hydrogen-bond acceptors (Lipinski definition) is 4. The summed E-state index contributed by atoms with van der Waals surface area (Å²) in [4.78, 5) is 11.6. The highest BCUT2D eigenvalue weighted by Gasteiger charge is 2.32. The molecule has 0 spiro atoms. The minimum atomic E-state index is -0.591. The highest BCUT2D eigenvalue weighted by atomic mass is 32.2. The van der Waals surface area contributed by atoms with E-state index in [1.54, 1.807) is 6.33 Å². The third-order valence-electron chi connectivity index (χ3n) is 3.72. The van der Waals surface area contributed by atoms with Gasteiger partial charge in [0.1, 0.15) is 29.3 Å². The van der Waals surface area contributed by atoms with Crippen molar-refractivity contribution >= 4 is 28.6 Å². The van der Waals surface area contributed by atoms with Gasteiger partial charge in [-0.3, -0.25) is 0 Å². The Kier molecular flexibility index (Phi) is 3.36. The number of thiol groups is 1. The van der Waals surface area contributed by atoms with Crippen LogP contribution in [0, 0.1) is 6.92 Å². The molecule has 0 aromatic carbocycles. The standard InChI is InChI=1S/C13H18N4OS/c1-9-6-14-11-10(9)12(17-8-16-11)15-7-13(18)2-4-19-5-3-13/h6,8,18H,2-5,7H2,1H3,(H2,14,15,16,17)/p+1. The van der Waals surface area contributed by atoms with Crippen molar-refractivity contribution in [1.82, 2.24) is 15.0 Å². The van der Waals surface area contributed by atoms with Crippen molar-refractivity contribution < 1.29 is 5.11 Å². The Hall–Kier alpha value is -1.27. The van der Waals surface area contributed by atoms with E-state index in [2.05, 4.69) is 20.3 Å². The molecule has 102 valence electrons. The largest absolute Gasteiger partial charge is 0.388 e. The van der Waals surface area contributed by atoms with Crippen molar-refractivity contribution in [3.05, 3.63) is 18.1 Å². The maximum Gasteiger partial charge on any atom is 0.143 e. The normalized spacial score (nSPS) is 18.6. The van der Waals surface area contributed by atoms with E-state index in [-0.39, 0.29) is 0 Å². The fraction of sp³-hybridized carbons (Fsp3) is 0.538. The lowest BCUT2D eigenvalue weighted by atomic mass is 9.97. The van der Waals surface area contributed by atoms with Gasteiger partial charge < -0.3 is 15.4 Å². The molecule has 2 aromatic heterocycles. The Morgan fingerprint density at radius 1 is 1.42 bits per heavy atom. The molecule has 0 unspecified atom stereocenters. The first-order valence-electron chi connectivity index (χ1n) is 6.56. The van der Waals surface area contributed by atoms with Crippen LogP contribution in [0.5, 0.6) is 0 Å². The van der Waals surface area contributed by atoms with Gasteiger partial charge in [-0.1, -0.05) is 0 Å². The summed E-state index contributed by atoms with van der Waals surface area (Å²) < 4.78 is 0. The van der Waals surface area contributed by atoms with Gasteiger partial charge in [0.05, 0.1) is 11.0 Å². The van der Waals surface area contributed by atoms with Crippen LogP contribution in [-0.4, -0.2) is 43.7 Å². The number of hydrogen-bond donors (Lipinski definition) is 3. The second kappa shape index (κ2) is 5.02. The van der Waals surface area contributed by atoms with Crippen molar-refractivity contribution in [2.75, 3.05) is 23.4 Å². The lowest BCUT2D eigenvalue weighted by Gasteiger charge is -2.29. The van der Waals surface area contributed by atoms with E-state index < -0.39 is 5.60 Å². The van der Waals surface area contributed by atoms with Crippen LogP contribution in [-0.2, 0) is 11.8 Å². The average molecular weight is 279 g/mol. The molecule has 3 rings (SSSR count). The summed E-state index contributed by atoms with van der Waals surface area (Å²) in [5.41, 5.74) is 1.36. The van der Waals surface area contributed by atoms with Gasteiger partial charge in [-0.2, -0.15) is 0 Å². The predicted octanol–water partition coefficient (Wildman–Crippen LogP) is 1.02. The van der Waals surface area contributed by atoms with Gasteiger partial charge in [-0.05, 0) is 24.2 Å². The highest BCUT2D eigenvalue weighted by molar-refractivity contribution is 7.78. The van der Waals surface area contributed by atoms with E-state index >= 15 is 0 Å². The van der Waals surface area contributed by atoms with Crippen molar-refractivity contribution in [1.29, 1.82) is 0 Å². The molecule has 1 aliphatic rings. The monoisotopic (exact) mass is 279 g/mol. The molecular formula is C13H19N4OS+. The second-order valence-corrected chi connectivity index (χ2v) is 6.51. The van der Waals surface area contributed by atoms with Gasteiger partial charge in [0.2, 0.25) is 0 Å². The summed E-state index contributed by atoms with van der Waals surface area (Å²) in [7, 11) is 0. The van der Waals surface area contributed by atoms with Gasteiger partial charge in [0, 0.05) is 25.6 Å². The van der Waals surface area contributed by atoms with E-state index in [0.717, 1.165) is 46.8 Å². The van der Waals surface area contributed by atoms with E-state index in [9.17, 15) is 5.11 Å². The third kappa shape index (κ3) is 2.55. The first-order valence-corrected chi connectivity index (χ1v) is 7.83. The number of rotatable bonds is 3. The molecular weight excluding hydrogens is 260 g/mol. The molecule has 2 aromatic rings. The number of aliphatic hydroxyl groups is 1. The summed E-state index contributed by atoms with van der Waals surface area (Å²) in [6, 6.07) is 0. The molecule has 0 aliphatic carbocycles. The molecule has 19 heavy (non-hydrogen) atoms. The van der Waals surface area contributed by atoms with Gasteiger partial charge in [-0.25, -0.2) is 9.97 Å². The van der Waals surface area contributed by atoms with E-state index in [0.29, 0.717) is 6.54 Å². The topological polar surface area (TPSA) is 73.8 Å². The van der Waals surface area contributed by atoms with E-state index in [4.69, 9.17) is 0 Å². The van der Waals surface area contributed by atoms with Crippen LogP contribution < -0.4 is 5.32 Å². The molecule has 1 aliphatic heterocycles. The summed E-state index contributed by atoms with van der Waals surface area (Å²) >= 11 is 1.46. The first kappa shape index (κ1) is 12.7. The van der Waals surface area contributed by atoms with Crippen molar-refractivity contribution in [3.8, 4) is 0 Å². The van der Waals surface area contributed by atoms with Gasteiger partial charge in [-0.15, -0.1) is 0 Å². The molecule has 0 atom stereocenters. The zero-order valence-corrected chi connectivity index (χ0v) is 11.9. The zero-order valence-electron chi connectivity index (χ0n) is 11.0. The molecule has 0 saturated carbocycles. The van der Waals surface area contributed by atoms with Crippen LogP contribution >= 0.6 is 0 Å². The Morgan fingerprint density at radius 3 is 3.00 bits per heavy atom. The lowest BCUT2D eigenvalue weighted by Crippen LogP contribution is -2.42. The Bertz CT molecular complexity index is 577. The Morgan fingerprint density at radius 2 is 2.21 bits per heavy atom. The Labute approximate surface area is 116 Å². The van der Waals surface area contributed by atoms with Crippen LogP contribution in [0.15, 0.2) is 12.5 Å².